The first-order chi connectivity index (χ1) is 16.7. The van der Waals surface area contributed by atoms with E-state index in [1.54, 1.807) is 12.1 Å². The number of piperidine rings is 2. The number of hydrogen-bond donors (Lipinski definition) is 1. The number of carbonyl (C=O) groups is 1. The number of benzene rings is 3. The predicted molar refractivity (Wildman–Crippen MR) is 138 cm³/mol. The van der Waals surface area contributed by atoms with Gasteiger partial charge in [0.2, 0.25) is 0 Å². The zero-order valence-electron chi connectivity index (χ0n) is 19.7. The van der Waals surface area contributed by atoms with Gasteiger partial charge in [-0.25, -0.2) is 0 Å². The molecule has 176 valence electrons. The van der Waals surface area contributed by atoms with Crippen molar-refractivity contribution < 1.29 is 9.53 Å². The number of anilines is 2. The Morgan fingerprint density at radius 2 is 1.38 bits per heavy atom. The Morgan fingerprint density at radius 1 is 0.735 bits per heavy atom. The summed E-state index contributed by atoms with van der Waals surface area (Å²) in [5.41, 5.74) is 2.64. The molecule has 0 aliphatic carbocycles. The highest BCUT2D eigenvalue weighted by Crippen LogP contribution is 2.26. The van der Waals surface area contributed by atoms with E-state index in [2.05, 4.69) is 27.2 Å². The molecular weight excluding hydrogens is 422 g/mol. The van der Waals surface area contributed by atoms with E-state index in [0.717, 1.165) is 30.6 Å². The summed E-state index contributed by atoms with van der Waals surface area (Å²) >= 11 is 0. The van der Waals surface area contributed by atoms with E-state index in [1.165, 1.54) is 50.9 Å². The summed E-state index contributed by atoms with van der Waals surface area (Å²) in [5, 5.41) is 3.00. The lowest BCUT2D eigenvalue weighted by molar-refractivity contribution is 0.102. The van der Waals surface area contributed by atoms with Crippen LogP contribution in [0.2, 0.25) is 0 Å². The molecule has 2 aliphatic heterocycles. The van der Waals surface area contributed by atoms with Gasteiger partial charge >= 0.3 is 0 Å². The maximum atomic E-state index is 12.7. The van der Waals surface area contributed by atoms with Gasteiger partial charge in [-0.05, 0) is 99.4 Å². The molecular formula is C29H33N3O2. The molecule has 0 radical (unpaired) electrons. The van der Waals surface area contributed by atoms with E-state index < -0.39 is 0 Å². The Kier molecular flexibility index (Phi) is 7.10. The fourth-order valence-corrected chi connectivity index (χ4v) is 5.03. The van der Waals surface area contributed by atoms with Crippen molar-refractivity contribution in [3.8, 4) is 11.5 Å². The van der Waals surface area contributed by atoms with Crippen molar-refractivity contribution in [3.05, 3.63) is 84.4 Å². The smallest absolute Gasteiger partial charge is 0.255 e. The Balaban J connectivity index is 1.13. The molecule has 5 heteroatoms. The first-order valence-corrected chi connectivity index (χ1v) is 12.5. The molecule has 2 aliphatic rings. The van der Waals surface area contributed by atoms with Gasteiger partial charge in [0.1, 0.15) is 11.5 Å². The molecule has 1 N–H and O–H groups in total. The number of rotatable bonds is 6. The number of nitrogens with zero attached hydrogens (tertiary/aromatic N) is 2. The first kappa shape index (κ1) is 22.5. The Hall–Kier alpha value is -3.31. The number of ether oxygens (including phenoxy) is 1. The van der Waals surface area contributed by atoms with Gasteiger partial charge in [0.25, 0.3) is 5.91 Å². The van der Waals surface area contributed by atoms with Crippen LogP contribution in [0.1, 0.15) is 42.5 Å². The highest BCUT2D eigenvalue weighted by Gasteiger charge is 2.25. The molecule has 34 heavy (non-hydrogen) atoms. The van der Waals surface area contributed by atoms with E-state index in [-0.39, 0.29) is 5.91 Å². The van der Waals surface area contributed by atoms with Crippen LogP contribution in [-0.4, -0.2) is 43.0 Å². The Morgan fingerprint density at radius 3 is 2.06 bits per heavy atom. The van der Waals surface area contributed by atoms with Crippen molar-refractivity contribution in [3.63, 3.8) is 0 Å². The SMILES string of the molecule is O=C(Nc1ccc(N2CCC(N3CCCCC3)CC2)cc1)c1ccc(Oc2ccccc2)cc1. The molecule has 3 aromatic carbocycles. The summed E-state index contributed by atoms with van der Waals surface area (Å²) in [5.74, 6) is 1.35. The van der Waals surface area contributed by atoms with E-state index in [9.17, 15) is 4.79 Å². The van der Waals surface area contributed by atoms with Crippen LogP contribution in [0.15, 0.2) is 78.9 Å². The number of hydrogen-bond acceptors (Lipinski definition) is 4. The van der Waals surface area contributed by atoms with Crippen LogP contribution in [0.4, 0.5) is 11.4 Å². The molecule has 2 saturated heterocycles. The lowest BCUT2D eigenvalue weighted by Crippen LogP contribution is -2.46. The molecule has 0 spiro atoms. The second-order valence-electron chi connectivity index (χ2n) is 9.26. The summed E-state index contributed by atoms with van der Waals surface area (Å²) < 4.78 is 5.80. The van der Waals surface area contributed by atoms with E-state index in [1.807, 2.05) is 54.6 Å². The summed E-state index contributed by atoms with van der Waals surface area (Å²) in [6, 6.07) is 25.8. The average molecular weight is 456 g/mol. The van der Waals surface area contributed by atoms with E-state index in [0.29, 0.717) is 11.3 Å². The van der Waals surface area contributed by atoms with Gasteiger partial charge in [0, 0.05) is 36.1 Å². The van der Waals surface area contributed by atoms with Gasteiger partial charge in [-0.3, -0.25) is 4.79 Å². The van der Waals surface area contributed by atoms with Crippen molar-refractivity contribution in [1.29, 1.82) is 0 Å². The highest BCUT2D eigenvalue weighted by atomic mass is 16.5. The zero-order chi connectivity index (χ0) is 23.2. The quantitative estimate of drug-likeness (QED) is 0.482. The van der Waals surface area contributed by atoms with Crippen LogP contribution >= 0.6 is 0 Å². The van der Waals surface area contributed by atoms with Gasteiger partial charge in [-0.15, -0.1) is 0 Å². The molecule has 1 amide bonds. The predicted octanol–water partition coefficient (Wildman–Crippen LogP) is 6.19. The van der Waals surface area contributed by atoms with Gasteiger partial charge in [0.05, 0.1) is 0 Å². The minimum atomic E-state index is -0.124. The molecule has 2 fully saturated rings. The van der Waals surface area contributed by atoms with Crippen molar-refractivity contribution in [1.82, 2.24) is 4.90 Å². The molecule has 5 rings (SSSR count). The largest absolute Gasteiger partial charge is 0.457 e. The average Bonchev–Trinajstić information content (AvgIpc) is 2.91. The summed E-state index contributed by atoms with van der Waals surface area (Å²) in [7, 11) is 0. The Bertz CT molecular complexity index is 1050. The van der Waals surface area contributed by atoms with Crippen LogP contribution in [0.5, 0.6) is 11.5 Å². The topological polar surface area (TPSA) is 44.8 Å². The summed E-state index contributed by atoms with van der Waals surface area (Å²) in [6.07, 6.45) is 6.59. The number of likely N-dealkylation sites (tertiary alicyclic amines) is 1. The highest BCUT2D eigenvalue weighted by molar-refractivity contribution is 6.04. The summed E-state index contributed by atoms with van der Waals surface area (Å²) in [4.78, 5) is 17.9. The number of carbonyl (C=O) groups excluding carboxylic acids is 1. The van der Waals surface area contributed by atoms with E-state index >= 15 is 0 Å². The van der Waals surface area contributed by atoms with Gasteiger partial charge in [-0.2, -0.15) is 0 Å². The van der Waals surface area contributed by atoms with Crippen LogP contribution in [-0.2, 0) is 0 Å². The zero-order valence-corrected chi connectivity index (χ0v) is 19.7. The van der Waals surface area contributed by atoms with Crippen molar-refractivity contribution in [2.45, 2.75) is 38.1 Å². The van der Waals surface area contributed by atoms with Crippen molar-refractivity contribution >= 4 is 17.3 Å². The van der Waals surface area contributed by atoms with Crippen molar-refractivity contribution in [2.24, 2.45) is 0 Å². The minimum Gasteiger partial charge on any atom is -0.457 e. The fraction of sp³-hybridized carbons (Fsp3) is 0.345. The van der Waals surface area contributed by atoms with Crippen LogP contribution in [0.25, 0.3) is 0 Å². The van der Waals surface area contributed by atoms with Crippen molar-refractivity contribution in [2.75, 3.05) is 36.4 Å². The van der Waals surface area contributed by atoms with Crippen LogP contribution in [0, 0.1) is 0 Å². The normalized spacial score (nSPS) is 17.4. The third-order valence-electron chi connectivity index (χ3n) is 6.96. The van der Waals surface area contributed by atoms with E-state index in [4.69, 9.17) is 4.74 Å². The second-order valence-corrected chi connectivity index (χ2v) is 9.26. The fourth-order valence-electron chi connectivity index (χ4n) is 5.03. The molecule has 0 aromatic heterocycles. The Labute approximate surface area is 202 Å². The monoisotopic (exact) mass is 455 g/mol. The summed E-state index contributed by atoms with van der Waals surface area (Å²) in [6.45, 7) is 4.76. The maximum absolute atomic E-state index is 12.7. The second kappa shape index (κ2) is 10.7. The standard InChI is InChI=1S/C29H33N3O2/c33-29(23-9-15-28(16-10-23)34-27-7-3-1-4-8-27)30-24-11-13-25(14-12-24)32-21-17-26(18-22-32)31-19-5-2-6-20-31/h1,3-4,7-16,26H,2,5-6,17-22H2,(H,30,33). The molecule has 0 atom stereocenters. The molecule has 3 aromatic rings. The molecule has 0 unspecified atom stereocenters. The third kappa shape index (κ3) is 5.60. The first-order valence-electron chi connectivity index (χ1n) is 12.5. The lowest BCUT2D eigenvalue weighted by atomic mass is 9.99. The molecule has 0 bridgehead atoms. The van der Waals surface area contributed by atoms with Gasteiger partial charge < -0.3 is 19.9 Å². The van der Waals surface area contributed by atoms with Gasteiger partial charge in [-0.1, -0.05) is 24.6 Å². The number of nitrogens with one attached hydrogen (secondary N) is 1. The van der Waals surface area contributed by atoms with Crippen LogP contribution in [0.3, 0.4) is 0 Å². The van der Waals surface area contributed by atoms with Crippen LogP contribution < -0.4 is 15.0 Å². The molecule has 5 nitrogen and oxygen atoms in total. The minimum absolute atomic E-state index is 0.124. The number of amides is 1. The molecule has 0 saturated carbocycles. The maximum Gasteiger partial charge on any atom is 0.255 e. The third-order valence-corrected chi connectivity index (χ3v) is 6.96. The van der Waals surface area contributed by atoms with Gasteiger partial charge in [0.15, 0.2) is 0 Å². The lowest BCUT2D eigenvalue weighted by Gasteiger charge is -2.41. The number of para-hydroxylation sites is 1. The molecule has 2 heterocycles.